The van der Waals surface area contributed by atoms with E-state index in [2.05, 4.69) is 4.99 Å². The number of halogens is 1. The van der Waals surface area contributed by atoms with Gasteiger partial charge in [-0.25, -0.2) is 4.39 Å². The number of aromatic nitrogens is 1. The van der Waals surface area contributed by atoms with E-state index < -0.39 is 12.0 Å². The number of amides is 1. The Morgan fingerprint density at radius 2 is 2.11 bits per heavy atom. The fourth-order valence-corrected chi connectivity index (χ4v) is 3.95. The molecule has 0 bridgehead atoms. The number of carbonyl (C=O) groups excluding carboxylic acids is 1. The summed E-state index contributed by atoms with van der Waals surface area (Å²) in [7, 11) is 1.57. The van der Waals surface area contributed by atoms with Crippen molar-refractivity contribution in [1.82, 2.24) is 4.57 Å². The van der Waals surface area contributed by atoms with Crippen LogP contribution >= 0.6 is 11.3 Å². The molecule has 0 spiro atoms. The van der Waals surface area contributed by atoms with Crippen molar-refractivity contribution in [3.05, 3.63) is 53.1 Å². The molecule has 2 heterocycles. The van der Waals surface area contributed by atoms with Crippen LogP contribution in [0.5, 0.6) is 11.5 Å². The van der Waals surface area contributed by atoms with Gasteiger partial charge in [0.15, 0.2) is 16.3 Å². The molecule has 8 heteroatoms. The van der Waals surface area contributed by atoms with Gasteiger partial charge < -0.3 is 18.8 Å². The number of carbonyl (C=O) groups is 1. The van der Waals surface area contributed by atoms with Gasteiger partial charge in [0.2, 0.25) is 6.10 Å². The maximum absolute atomic E-state index is 14.3. The van der Waals surface area contributed by atoms with Crippen molar-refractivity contribution in [3.63, 3.8) is 0 Å². The minimum Gasteiger partial charge on any atom is -0.485 e. The van der Waals surface area contributed by atoms with Crippen molar-refractivity contribution < 1.29 is 23.4 Å². The topological polar surface area (TPSA) is 62.1 Å². The molecule has 0 unspecified atom stereocenters. The van der Waals surface area contributed by atoms with E-state index >= 15 is 0 Å². The number of hydrogen-bond acceptors (Lipinski definition) is 5. The fourth-order valence-electron chi connectivity index (χ4n) is 2.87. The molecule has 0 fully saturated rings. The van der Waals surface area contributed by atoms with Crippen LogP contribution in [0.4, 0.5) is 4.39 Å². The van der Waals surface area contributed by atoms with E-state index in [1.165, 1.54) is 17.4 Å². The predicted molar refractivity (Wildman–Crippen MR) is 98.6 cm³/mol. The lowest BCUT2D eigenvalue weighted by Crippen LogP contribution is -2.37. The average Bonchev–Trinajstić information content (AvgIpc) is 3.04. The van der Waals surface area contributed by atoms with Crippen LogP contribution in [0.15, 0.2) is 47.5 Å². The molecule has 1 aromatic heterocycles. The first-order valence-electron chi connectivity index (χ1n) is 8.41. The summed E-state index contributed by atoms with van der Waals surface area (Å²) in [6.07, 6.45) is -0.842. The summed E-state index contributed by atoms with van der Waals surface area (Å²) in [5, 5.41) is 0. The van der Waals surface area contributed by atoms with E-state index in [0.717, 1.165) is 0 Å². The van der Waals surface area contributed by atoms with Gasteiger partial charge in [0.25, 0.3) is 5.91 Å². The molecule has 1 atom stereocenters. The Morgan fingerprint density at radius 3 is 2.93 bits per heavy atom. The number of thiazole rings is 1. The van der Waals surface area contributed by atoms with Gasteiger partial charge in [0.1, 0.15) is 12.4 Å². The molecule has 4 rings (SSSR count). The van der Waals surface area contributed by atoms with Crippen molar-refractivity contribution in [3.8, 4) is 11.5 Å². The van der Waals surface area contributed by atoms with Gasteiger partial charge in [-0.1, -0.05) is 29.5 Å². The average molecular weight is 388 g/mol. The van der Waals surface area contributed by atoms with Crippen molar-refractivity contribution in [2.75, 3.05) is 20.3 Å². The van der Waals surface area contributed by atoms with E-state index in [-0.39, 0.29) is 12.4 Å². The second-order valence-corrected chi connectivity index (χ2v) is 6.94. The van der Waals surface area contributed by atoms with Crippen LogP contribution in [0.25, 0.3) is 10.2 Å². The van der Waals surface area contributed by atoms with Crippen molar-refractivity contribution in [2.45, 2.75) is 12.6 Å². The molecule has 0 aliphatic carbocycles. The van der Waals surface area contributed by atoms with Gasteiger partial charge in [0, 0.05) is 13.7 Å². The number of hydrogen-bond donors (Lipinski definition) is 0. The highest BCUT2D eigenvalue weighted by molar-refractivity contribution is 7.16. The van der Waals surface area contributed by atoms with Gasteiger partial charge in [0.05, 0.1) is 16.8 Å². The van der Waals surface area contributed by atoms with Crippen LogP contribution < -0.4 is 14.3 Å². The van der Waals surface area contributed by atoms with Crippen molar-refractivity contribution >= 4 is 27.5 Å². The molecule has 0 saturated carbocycles. The Hall–Kier alpha value is -2.71. The van der Waals surface area contributed by atoms with Crippen LogP contribution in [0, 0.1) is 5.82 Å². The molecule has 0 saturated heterocycles. The van der Waals surface area contributed by atoms with E-state index in [1.807, 2.05) is 6.07 Å². The normalized spacial score (nSPS) is 16.7. The minimum absolute atomic E-state index is 0.0800. The first-order chi connectivity index (χ1) is 13.2. The highest BCUT2D eigenvalue weighted by Gasteiger charge is 2.27. The molecule has 27 heavy (non-hydrogen) atoms. The molecule has 3 aromatic rings. The monoisotopic (exact) mass is 388 g/mol. The van der Waals surface area contributed by atoms with E-state index in [4.69, 9.17) is 14.2 Å². The number of fused-ring (bicyclic) bond motifs is 2. The summed E-state index contributed by atoms with van der Waals surface area (Å²) in [5.74, 6) is 0.273. The highest BCUT2D eigenvalue weighted by atomic mass is 32.1. The van der Waals surface area contributed by atoms with Crippen LogP contribution in [0.2, 0.25) is 0 Å². The number of benzene rings is 2. The van der Waals surface area contributed by atoms with Gasteiger partial charge in [-0.15, -0.1) is 0 Å². The molecular formula is C19H17FN2O4S. The van der Waals surface area contributed by atoms with Crippen LogP contribution in [0.3, 0.4) is 0 Å². The second-order valence-electron chi connectivity index (χ2n) is 5.93. The SMILES string of the molecule is COCCn1c(=NC(=O)[C@H]2COc3ccccc3O2)sc2cccc(F)c21. The molecule has 0 radical (unpaired) electrons. The van der Waals surface area contributed by atoms with Gasteiger partial charge in [-0.3, -0.25) is 4.79 Å². The number of methoxy groups -OCH3 is 1. The van der Waals surface area contributed by atoms with E-state index in [0.29, 0.717) is 39.7 Å². The maximum atomic E-state index is 14.3. The molecule has 1 aliphatic rings. The Labute approximate surface area is 158 Å². The zero-order valence-corrected chi connectivity index (χ0v) is 15.4. The highest BCUT2D eigenvalue weighted by Crippen LogP contribution is 2.31. The molecule has 6 nitrogen and oxygen atoms in total. The summed E-state index contributed by atoms with van der Waals surface area (Å²) >= 11 is 1.25. The zero-order valence-electron chi connectivity index (χ0n) is 14.6. The Bertz CT molecular complexity index is 1060. The quantitative estimate of drug-likeness (QED) is 0.690. The van der Waals surface area contributed by atoms with Gasteiger partial charge >= 0.3 is 0 Å². The Kier molecular flexibility index (Phi) is 4.91. The molecule has 1 aliphatic heterocycles. The second kappa shape index (κ2) is 7.50. The third-order valence-electron chi connectivity index (χ3n) is 4.16. The standard InChI is InChI=1S/C19H17FN2O4S/c1-24-10-9-22-17-12(20)5-4-8-16(17)27-19(22)21-18(23)15-11-25-13-6-2-3-7-14(13)26-15/h2-8,15H,9-11H2,1H3/t15-/m1/s1. The summed E-state index contributed by atoms with van der Waals surface area (Å²) in [5.41, 5.74) is 0.414. The van der Waals surface area contributed by atoms with Gasteiger partial charge in [-0.2, -0.15) is 4.99 Å². The molecule has 140 valence electrons. The van der Waals surface area contributed by atoms with Gasteiger partial charge in [-0.05, 0) is 24.3 Å². The lowest BCUT2D eigenvalue weighted by atomic mass is 10.2. The largest absolute Gasteiger partial charge is 0.485 e. The Balaban J connectivity index is 1.70. The van der Waals surface area contributed by atoms with E-state index in [1.54, 1.807) is 42.0 Å². The summed E-state index contributed by atoms with van der Waals surface area (Å²) in [4.78, 5) is 17.3. The fraction of sp³-hybridized carbons (Fsp3) is 0.263. The van der Waals surface area contributed by atoms with Crippen LogP contribution in [-0.4, -0.2) is 36.9 Å². The maximum Gasteiger partial charge on any atom is 0.292 e. The number of nitrogens with zero attached hydrogens (tertiary/aromatic N) is 2. The van der Waals surface area contributed by atoms with Crippen LogP contribution in [0.1, 0.15) is 0 Å². The molecule has 1 amide bonds. The zero-order chi connectivity index (χ0) is 18.8. The minimum atomic E-state index is -0.842. The smallest absolute Gasteiger partial charge is 0.292 e. The summed E-state index contributed by atoms with van der Waals surface area (Å²) in [6.45, 7) is 0.836. The predicted octanol–water partition coefficient (Wildman–Crippen LogP) is 2.76. The number of ether oxygens (including phenoxy) is 3. The van der Waals surface area contributed by atoms with Crippen LogP contribution in [-0.2, 0) is 16.1 Å². The third kappa shape index (κ3) is 3.45. The van der Waals surface area contributed by atoms with E-state index in [9.17, 15) is 9.18 Å². The lowest BCUT2D eigenvalue weighted by molar-refractivity contribution is -0.127. The first-order valence-corrected chi connectivity index (χ1v) is 9.23. The first kappa shape index (κ1) is 17.7. The summed E-state index contributed by atoms with van der Waals surface area (Å²) < 4.78 is 33.1. The molecule has 2 aromatic carbocycles. The number of para-hydroxylation sites is 3. The van der Waals surface area contributed by atoms with Crippen molar-refractivity contribution in [1.29, 1.82) is 0 Å². The third-order valence-corrected chi connectivity index (χ3v) is 5.20. The Morgan fingerprint density at radius 1 is 1.30 bits per heavy atom. The molecular weight excluding hydrogens is 371 g/mol. The number of rotatable bonds is 4. The molecule has 0 N–H and O–H groups in total. The lowest BCUT2D eigenvalue weighted by Gasteiger charge is -2.23. The summed E-state index contributed by atoms with van der Waals surface area (Å²) in [6, 6.07) is 12.0. The van der Waals surface area contributed by atoms with Crippen molar-refractivity contribution in [2.24, 2.45) is 4.99 Å².